The highest BCUT2D eigenvalue weighted by Gasteiger charge is 2.17. The molecular formula is C29H35N7O2. The number of morpholine rings is 1. The number of anilines is 3. The molecule has 0 bridgehead atoms. The van der Waals surface area contributed by atoms with Crippen LogP contribution in [0, 0.1) is 0 Å². The molecule has 0 radical (unpaired) electrons. The molecule has 9 heteroatoms. The first-order chi connectivity index (χ1) is 18.5. The van der Waals surface area contributed by atoms with Crippen LogP contribution in [-0.4, -0.2) is 77.1 Å². The summed E-state index contributed by atoms with van der Waals surface area (Å²) < 4.78 is 7.76. The van der Waals surface area contributed by atoms with Gasteiger partial charge < -0.3 is 24.4 Å². The summed E-state index contributed by atoms with van der Waals surface area (Å²) in [6.45, 7) is 6.60. The number of Topliss-reactive ketones (excluding diaryl/α,β-unsaturated/α-hetero) is 1. The number of carbonyl (C=O) groups is 1. The largest absolute Gasteiger partial charge is 0.378 e. The molecular weight excluding hydrogens is 478 g/mol. The number of imidazole rings is 1. The Hall–Kier alpha value is -3.82. The van der Waals surface area contributed by atoms with Gasteiger partial charge in [0.15, 0.2) is 5.78 Å². The number of aromatic nitrogens is 4. The van der Waals surface area contributed by atoms with Crippen molar-refractivity contribution in [3.63, 3.8) is 0 Å². The number of fused-ring (bicyclic) bond motifs is 1. The smallest absolute Gasteiger partial charge is 0.228 e. The lowest BCUT2D eigenvalue weighted by Crippen LogP contribution is -2.37. The summed E-state index contributed by atoms with van der Waals surface area (Å²) >= 11 is 0. The average Bonchev–Trinajstić information content (AvgIpc) is 3.35. The lowest BCUT2D eigenvalue weighted by atomic mass is 10.1. The molecule has 3 heterocycles. The molecule has 1 aliphatic rings. The van der Waals surface area contributed by atoms with E-state index in [1.165, 1.54) is 0 Å². The van der Waals surface area contributed by atoms with Crippen LogP contribution in [0.5, 0.6) is 0 Å². The predicted molar refractivity (Wildman–Crippen MR) is 151 cm³/mol. The van der Waals surface area contributed by atoms with Crippen LogP contribution in [0.4, 0.5) is 17.5 Å². The van der Waals surface area contributed by atoms with Crippen molar-refractivity contribution in [2.75, 3.05) is 57.2 Å². The summed E-state index contributed by atoms with van der Waals surface area (Å²) in [4.78, 5) is 30.8. The number of hydrogen-bond donors (Lipinski definition) is 1. The highest BCUT2D eigenvalue weighted by Crippen LogP contribution is 2.28. The molecule has 1 N–H and O–H groups in total. The molecule has 5 rings (SSSR count). The van der Waals surface area contributed by atoms with E-state index in [2.05, 4.69) is 57.0 Å². The van der Waals surface area contributed by atoms with Gasteiger partial charge in [-0.1, -0.05) is 13.0 Å². The summed E-state index contributed by atoms with van der Waals surface area (Å²) in [5.74, 6) is 1.50. The molecule has 0 saturated carbocycles. The second-order valence-corrected chi connectivity index (χ2v) is 9.82. The number of benzene rings is 2. The minimum absolute atomic E-state index is 0.131. The molecule has 198 valence electrons. The minimum atomic E-state index is 0.131. The van der Waals surface area contributed by atoms with E-state index in [-0.39, 0.29) is 5.78 Å². The Morgan fingerprint density at radius 2 is 1.84 bits per heavy atom. The highest BCUT2D eigenvalue weighted by molar-refractivity contribution is 5.96. The van der Waals surface area contributed by atoms with Gasteiger partial charge in [-0.25, -0.2) is 9.97 Å². The molecule has 2 aromatic carbocycles. The van der Waals surface area contributed by atoms with E-state index in [4.69, 9.17) is 14.7 Å². The zero-order valence-electron chi connectivity index (χ0n) is 22.4. The quantitative estimate of drug-likeness (QED) is 0.308. The van der Waals surface area contributed by atoms with E-state index in [1.807, 2.05) is 43.6 Å². The summed E-state index contributed by atoms with van der Waals surface area (Å²) in [7, 11) is 4.19. The third-order valence-electron chi connectivity index (χ3n) is 6.73. The topological polar surface area (TPSA) is 88.4 Å². The molecule has 0 amide bonds. The summed E-state index contributed by atoms with van der Waals surface area (Å²) in [6, 6.07) is 15.8. The zero-order valence-corrected chi connectivity index (χ0v) is 22.4. The molecule has 1 aliphatic heterocycles. The van der Waals surface area contributed by atoms with Crippen molar-refractivity contribution < 1.29 is 9.53 Å². The number of hydrogen-bond acceptors (Lipinski definition) is 8. The van der Waals surface area contributed by atoms with Crippen molar-refractivity contribution >= 4 is 34.3 Å². The average molecular weight is 514 g/mol. The van der Waals surface area contributed by atoms with Crippen LogP contribution in [0.3, 0.4) is 0 Å². The monoisotopic (exact) mass is 513 g/mol. The molecule has 4 aromatic rings. The number of aryl methyl sites for hydroxylation is 1. The first-order valence-electron chi connectivity index (χ1n) is 13.2. The van der Waals surface area contributed by atoms with E-state index in [0.717, 1.165) is 60.6 Å². The maximum atomic E-state index is 12.0. The first-order valence-corrected chi connectivity index (χ1v) is 13.2. The van der Waals surface area contributed by atoms with Gasteiger partial charge in [-0.15, -0.1) is 0 Å². The van der Waals surface area contributed by atoms with E-state index < -0.39 is 0 Å². The van der Waals surface area contributed by atoms with E-state index in [0.29, 0.717) is 37.0 Å². The molecule has 38 heavy (non-hydrogen) atoms. The van der Waals surface area contributed by atoms with Crippen LogP contribution >= 0.6 is 0 Å². The standard InChI is InChI=1S/C29H35N7O2/c1-4-27(37)21-6-9-23(10-7-21)31-28-19-25(32-29(33-28)35-14-16-38-17-15-35)22-8-11-24-26(18-22)36(20-30-24)13-5-12-34(2)3/h6-11,18-20H,4-5,12-17H2,1-3H3,(H,31,32,33). The lowest BCUT2D eigenvalue weighted by molar-refractivity contribution is 0.0988. The second-order valence-electron chi connectivity index (χ2n) is 9.82. The maximum Gasteiger partial charge on any atom is 0.228 e. The maximum absolute atomic E-state index is 12.0. The van der Waals surface area contributed by atoms with E-state index in [1.54, 1.807) is 0 Å². The Morgan fingerprint density at radius 1 is 1.05 bits per heavy atom. The molecule has 9 nitrogen and oxygen atoms in total. The summed E-state index contributed by atoms with van der Waals surface area (Å²) in [5.41, 5.74) is 5.50. The number of nitrogens with zero attached hydrogens (tertiary/aromatic N) is 6. The zero-order chi connectivity index (χ0) is 26.5. The van der Waals surface area contributed by atoms with E-state index in [9.17, 15) is 4.79 Å². The van der Waals surface area contributed by atoms with Gasteiger partial charge in [-0.05, 0) is 63.5 Å². The van der Waals surface area contributed by atoms with Gasteiger partial charge in [-0.2, -0.15) is 4.98 Å². The van der Waals surface area contributed by atoms with Crippen molar-refractivity contribution in [3.8, 4) is 11.3 Å². The van der Waals surface area contributed by atoms with Crippen LogP contribution < -0.4 is 10.2 Å². The van der Waals surface area contributed by atoms with Crippen molar-refractivity contribution in [1.29, 1.82) is 0 Å². The van der Waals surface area contributed by atoms with Gasteiger partial charge >= 0.3 is 0 Å². The van der Waals surface area contributed by atoms with Gasteiger partial charge in [0.1, 0.15) is 5.82 Å². The number of ketones is 1. The first kappa shape index (κ1) is 25.8. The van der Waals surface area contributed by atoms with Crippen LogP contribution in [0.25, 0.3) is 22.3 Å². The van der Waals surface area contributed by atoms with Crippen molar-refractivity contribution in [3.05, 3.63) is 60.4 Å². The van der Waals surface area contributed by atoms with Crippen LogP contribution in [0.15, 0.2) is 54.9 Å². The number of nitrogens with one attached hydrogen (secondary N) is 1. The summed E-state index contributed by atoms with van der Waals surface area (Å²) in [5, 5.41) is 3.42. The molecule has 0 unspecified atom stereocenters. The fourth-order valence-corrected chi connectivity index (χ4v) is 4.59. The Bertz CT molecular complexity index is 1390. The van der Waals surface area contributed by atoms with Gasteiger partial charge in [0.05, 0.1) is 36.3 Å². The van der Waals surface area contributed by atoms with Crippen LogP contribution in [0.2, 0.25) is 0 Å². The third kappa shape index (κ3) is 6.00. The van der Waals surface area contributed by atoms with Crippen molar-refractivity contribution in [2.24, 2.45) is 0 Å². The molecule has 0 aliphatic carbocycles. The predicted octanol–water partition coefficient (Wildman–Crippen LogP) is 4.62. The highest BCUT2D eigenvalue weighted by atomic mass is 16.5. The Labute approximate surface area is 223 Å². The SMILES string of the molecule is CCC(=O)c1ccc(Nc2cc(-c3ccc4ncn(CCCN(C)C)c4c3)nc(N3CCOCC3)n2)cc1. The molecule has 0 spiro atoms. The van der Waals surface area contributed by atoms with Crippen molar-refractivity contribution in [1.82, 2.24) is 24.4 Å². The van der Waals surface area contributed by atoms with Crippen molar-refractivity contribution in [2.45, 2.75) is 26.3 Å². The van der Waals surface area contributed by atoms with Crippen LogP contribution in [-0.2, 0) is 11.3 Å². The minimum Gasteiger partial charge on any atom is -0.378 e. The number of rotatable bonds is 10. The Kier molecular flexibility index (Phi) is 7.95. The normalized spacial score (nSPS) is 13.8. The Morgan fingerprint density at radius 3 is 2.58 bits per heavy atom. The lowest BCUT2D eigenvalue weighted by Gasteiger charge is -2.27. The number of carbonyl (C=O) groups excluding carboxylic acids is 1. The van der Waals surface area contributed by atoms with E-state index >= 15 is 0 Å². The molecule has 2 aromatic heterocycles. The molecule has 1 fully saturated rings. The molecule has 1 saturated heterocycles. The van der Waals surface area contributed by atoms with Crippen LogP contribution in [0.1, 0.15) is 30.1 Å². The van der Waals surface area contributed by atoms with Gasteiger partial charge in [0.2, 0.25) is 5.95 Å². The van der Waals surface area contributed by atoms with Gasteiger partial charge in [0, 0.05) is 48.9 Å². The second kappa shape index (κ2) is 11.7. The fourth-order valence-electron chi connectivity index (χ4n) is 4.59. The van der Waals surface area contributed by atoms with Gasteiger partial charge in [-0.3, -0.25) is 4.79 Å². The Balaban J connectivity index is 1.47. The molecule has 0 atom stereocenters. The number of ether oxygens (including phenoxy) is 1. The summed E-state index contributed by atoms with van der Waals surface area (Å²) in [6.07, 6.45) is 3.46. The van der Waals surface area contributed by atoms with Gasteiger partial charge in [0.25, 0.3) is 0 Å². The fraction of sp³-hybridized carbons (Fsp3) is 0.379. The third-order valence-corrected chi connectivity index (χ3v) is 6.73.